The Balaban J connectivity index is 1.19. The first-order valence-electron chi connectivity index (χ1n) is 13.1. The Labute approximate surface area is 234 Å². The fourth-order valence-corrected chi connectivity index (χ4v) is 6.53. The van der Waals surface area contributed by atoms with E-state index in [4.69, 9.17) is 9.47 Å². The van der Waals surface area contributed by atoms with Gasteiger partial charge in [-0.1, -0.05) is 48.5 Å². The summed E-state index contributed by atoms with van der Waals surface area (Å²) >= 11 is 0. The first kappa shape index (κ1) is 26.2. The van der Waals surface area contributed by atoms with Crippen LogP contribution in [0.15, 0.2) is 66.7 Å². The first-order chi connectivity index (χ1) is 19.7. The lowest BCUT2D eigenvalue weighted by Gasteiger charge is -2.45. The summed E-state index contributed by atoms with van der Waals surface area (Å²) < 4.78 is 10.2. The molecule has 7 rings (SSSR count). The molecule has 0 spiro atoms. The highest BCUT2D eigenvalue weighted by Gasteiger charge is 2.62. The summed E-state index contributed by atoms with van der Waals surface area (Å²) in [6.07, 6.45) is 0. The van der Waals surface area contributed by atoms with E-state index in [0.717, 1.165) is 27.2 Å². The minimum atomic E-state index is -1.27. The number of hydrogen-bond donors (Lipinski definition) is 1. The minimum Gasteiger partial charge on any atom is -0.497 e. The number of nitrogens with one attached hydrogen (secondary N) is 1. The predicted octanol–water partition coefficient (Wildman–Crippen LogP) is 3.37. The summed E-state index contributed by atoms with van der Waals surface area (Å²) in [5, 5.41) is 13.7. The molecule has 4 aliphatic rings. The molecular weight excluding hydrogens is 530 g/mol. The van der Waals surface area contributed by atoms with Crippen molar-refractivity contribution in [1.82, 2.24) is 4.90 Å². The van der Waals surface area contributed by atoms with Crippen LogP contribution >= 0.6 is 0 Å². The number of likely N-dealkylation sites (tertiary alicyclic amines) is 1. The van der Waals surface area contributed by atoms with Crippen molar-refractivity contribution in [2.24, 2.45) is 11.8 Å². The molecule has 1 saturated heterocycles. The van der Waals surface area contributed by atoms with E-state index in [1.165, 1.54) is 32.2 Å². The molecular formula is C30H25N3O8. The van der Waals surface area contributed by atoms with E-state index in [1.54, 1.807) is 0 Å². The lowest BCUT2D eigenvalue weighted by atomic mass is 9.55. The highest BCUT2D eigenvalue weighted by Crippen LogP contribution is 2.61. The number of nitro benzene ring substituents is 1. The van der Waals surface area contributed by atoms with Gasteiger partial charge in [0.25, 0.3) is 11.6 Å². The normalized spacial score (nSPS) is 22.3. The zero-order valence-corrected chi connectivity index (χ0v) is 22.1. The number of ether oxygens (including phenoxy) is 2. The van der Waals surface area contributed by atoms with Gasteiger partial charge in [0.1, 0.15) is 17.5 Å². The van der Waals surface area contributed by atoms with Crippen molar-refractivity contribution < 1.29 is 33.6 Å². The molecule has 1 N–H and O–H groups in total. The third-order valence-electron chi connectivity index (χ3n) is 8.23. The van der Waals surface area contributed by atoms with Gasteiger partial charge < -0.3 is 14.8 Å². The average molecular weight is 556 g/mol. The van der Waals surface area contributed by atoms with Crippen LogP contribution in [0.25, 0.3) is 0 Å². The Morgan fingerprint density at radius 1 is 0.927 bits per heavy atom. The van der Waals surface area contributed by atoms with Crippen LogP contribution in [0.2, 0.25) is 0 Å². The van der Waals surface area contributed by atoms with Crippen LogP contribution in [0.3, 0.4) is 0 Å². The standard InChI is InChI=1S/C30H25N3O8/c1-15(30(37)41-14-23(34)31-21-13-16(40-2)11-12-22(21)33(38)39)32-28(35)26-24-17-7-3-4-8-18(17)25(27(26)29(32)36)20-10-6-5-9-19(20)24/h3-13,15,24-27H,14H2,1-2H3,(H,31,34)/t15-,24?,25?,26+,27+/m0/s1. The molecule has 11 nitrogen and oxygen atoms in total. The molecule has 208 valence electrons. The smallest absolute Gasteiger partial charge is 0.329 e. The fourth-order valence-electron chi connectivity index (χ4n) is 6.53. The van der Waals surface area contributed by atoms with E-state index < -0.39 is 53.1 Å². The number of methoxy groups -OCH3 is 1. The number of amides is 3. The van der Waals surface area contributed by atoms with Gasteiger partial charge in [0.15, 0.2) is 6.61 Å². The van der Waals surface area contributed by atoms with Crippen LogP contribution in [-0.4, -0.2) is 53.3 Å². The second-order valence-corrected chi connectivity index (χ2v) is 10.3. The van der Waals surface area contributed by atoms with E-state index in [-0.39, 0.29) is 29.0 Å². The molecule has 1 aliphatic heterocycles. The fraction of sp³-hybridized carbons (Fsp3) is 0.267. The van der Waals surface area contributed by atoms with E-state index in [0.29, 0.717) is 0 Å². The van der Waals surface area contributed by atoms with Gasteiger partial charge >= 0.3 is 5.97 Å². The van der Waals surface area contributed by atoms with Crippen LogP contribution in [0.5, 0.6) is 5.75 Å². The third kappa shape index (κ3) is 4.03. The van der Waals surface area contributed by atoms with Crippen molar-refractivity contribution in [1.29, 1.82) is 0 Å². The summed E-state index contributed by atoms with van der Waals surface area (Å²) in [6.45, 7) is 0.616. The van der Waals surface area contributed by atoms with Gasteiger partial charge in [-0.15, -0.1) is 0 Å². The number of carbonyl (C=O) groups is 4. The third-order valence-corrected chi connectivity index (χ3v) is 8.23. The maximum absolute atomic E-state index is 13.8. The maximum atomic E-state index is 13.8. The molecule has 3 amide bonds. The molecule has 0 radical (unpaired) electrons. The summed E-state index contributed by atoms with van der Waals surface area (Å²) in [7, 11) is 1.37. The van der Waals surface area contributed by atoms with Gasteiger partial charge in [-0.3, -0.25) is 29.4 Å². The second kappa shape index (κ2) is 9.84. The maximum Gasteiger partial charge on any atom is 0.329 e. The molecule has 0 unspecified atom stereocenters. The lowest BCUT2D eigenvalue weighted by Crippen LogP contribution is -2.45. The minimum absolute atomic E-state index is 0.132. The SMILES string of the molecule is COc1ccc([N+](=O)[O-])c(NC(=O)COC(=O)[C@H](C)N2C(=O)[C@@H]3C4c5ccccc5C(c5ccccc54)[C@H]3C2=O)c1. The molecule has 2 bridgehead atoms. The number of esters is 1. The molecule has 0 aromatic heterocycles. The van der Waals surface area contributed by atoms with Crippen molar-refractivity contribution in [2.45, 2.75) is 24.8 Å². The summed E-state index contributed by atoms with van der Waals surface area (Å²) in [5.41, 5.74) is 3.55. The Morgan fingerprint density at radius 3 is 1.90 bits per heavy atom. The Morgan fingerprint density at radius 2 is 1.44 bits per heavy atom. The highest BCUT2D eigenvalue weighted by atomic mass is 16.6. The molecule has 1 fully saturated rings. The van der Waals surface area contributed by atoms with Crippen molar-refractivity contribution in [3.8, 4) is 5.75 Å². The molecule has 0 saturated carbocycles. The van der Waals surface area contributed by atoms with Crippen molar-refractivity contribution >= 4 is 35.1 Å². The Kier molecular flexibility index (Phi) is 6.29. The van der Waals surface area contributed by atoms with Gasteiger partial charge in [0, 0.05) is 24.0 Å². The molecule has 3 atom stereocenters. The molecule has 3 aliphatic carbocycles. The number of anilines is 1. The number of nitrogens with zero attached hydrogens (tertiary/aromatic N) is 2. The average Bonchev–Trinajstić information content (AvgIpc) is 3.25. The zero-order valence-electron chi connectivity index (χ0n) is 22.1. The van der Waals surface area contributed by atoms with Crippen LogP contribution in [-0.2, 0) is 23.9 Å². The molecule has 11 heteroatoms. The van der Waals surface area contributed by atoms with Crippen molar-refractivity contribution in [2.75, 3.05) is 19.0 Å². The number of hydrogen-bond acceptors (Lipinski definition) is 8. The van der Waals surface area contributed by atoms with Gasteiger partial charge in [0.05, 0.1) is 23.9 Å². The van der Waals surface area contributed by atoms with Crippen LogP contribution < -0.4 is 10.1 Å². The van der Waals surface area contributed by atoms with E-state index in [9.17, 15) is 29.3 Å². The molecule has 3 aromatic rings. The number of carbonyl (C=O) groups excluding carboxylic acids is 4. The quantitative estimate of drug-likeness (QED) is 0.202. The molecule has 3 aromatic carbocycles. The monoisotopic (exact) mass is 555 g/mol. The van der Waals surface area contributed by atoms with Crippen LogP contribution in [0.4, 0.5) is 11.4 Å². The van der Waals surface area contributed by atoms with E-state index >= 15 is 0 Å². The summed E-state index contributed by atoms with van der Waals surface area (Å²) in [5.74, 6) is -4.31. The largest absolute Gasteiger partial charge is 0.497 e. The topological polar surface area (TPSA) is 145 Å². The van der Waals surface area contributed by atoms with Gasteiger partial charge in [-0.25, -0.2) is 4.79 Å². The van der Waals surface area contributed by atoms with Gasteiger partial charge in [-0.2, -0.15) is 0 Å². The first-order valence-corrected chi connectivity index (χ1v) is 13.1. The van der Waals surface area contributed by atoms with Crippen LogP contribution in [0.1, 0.15) is 41.0 Å². The van der Waals surface area contributed by atoms with E-state index in [1.807, 2.05) is 48.5 Å². The lowest BCUT2D eigenvalue weighted by molar-refractivity contribution is -0.383. The van der Waals surface area contributed by atoms with Crippen molar-refractivity contribution in [3.05, 3.63) is 99.1 Å². The van der Waals surface area contributed by atoms with E-state index in [2.05, 4.69) is 5.32 Å². The number of rotatable bonds is 7. The zero-order chi connectivity index (χ0) is 29.0. The van der Waals surface area contributed by atoms with Crippen LogP contribution in [0, 0.1) is 22.0 Å². The number of benzene rings is 3. The summed E-state index contributed by atoms with van der Waals surface area (Å²) in [6, 6.07) is 18.2. The Hall–Kier alpha value is -5.06. The number of nitro groups is 1. The van der Waals surface area contributed by atoms with Gasteiger partial charge in [-0.05, 0) is 35.2 Å². The summed E-state index contributed by atoms with van der Waals surface area (Å²) in [4.78, 5) is 64.7. The predicted molar refractivity (Wildman–Crippen MR) is 144 cm³/mol. The van der Waals surface area contributed by atoms with Gasteiger partial charge in [0.2, 0.25) is 11.8 Å². The highest BCUT2D eigenvalue weighted by molar-refractivity contribution is 6.10. The number of imide groups is 1. The molecule has 1 heterocycles. The second-order valence-electron chi connectivity index (χ2n) is 10.3. The Bertz CT molecular complexity index is 1520. The molecule has 41 heavy (non-hydrogen) atoms. The van der Waals surface area contributed by atoms with Crippen molar-refractivity contribution in [3.63, 3.8) is 0 Å².